The average molecular weight is 351 g/mol. The molecule has 2 aromatic rings. The molecule has 1 aliphatic heterocycles. The summed E-state index contributed by atoms with van der Waals surface area (Å²) in [7, 11) is -3.61. The standard InChI is InChI=1S/C17H19ClN2O2S/c18-15-8-6-14(7-9-15)16-11-20(12-17(16)23(19,21)22)10-13-4-2-1-3-5-13/h1-9,16-17H,10-12H2,(H2,19,21,22)/t16-,17-/m1/s1. The third kappa shape index (κ3) is 3.93. The number of rotatable bonds is 4. The van der Waals surface area contributed by atoms with Crippen molar-refractivity contribution in [3.63, 3.8) is 0 Å². The molecule has 6 heteroatoms. The van der Waals surface area contributed by atoms with Gasteiger partial charge in [-0.15, -0.1) is 0 Å². The Kier molecular flexibility index (Phi) is 4.73. The van der Waals surface area contributed by atoms with E-state index < -0.39 is 15.3 Å². The van der Waals surface area contributed by atoms with Gasteiger partial charge in [0.2, 0.25) is 10.0 Å². The Morgan fingerprint density at radius 1 is 1.04 bits per heavy atom. The number of benzene rings is 2. The number of likely N-dealkylation sites (tertiary alicyclic amines) is 1. The van der Waals surface area contributed by atoms with E-state index in [-0.39, 0.29) is 5.92 Å². The van der Waals surface area contributed by atoms with Crippen LogP contribution in [-0.4, -0.2) is 31.7 Å². The van der Waals surface area contributed by atoms with Gasteiger partial charge in [-0.25, -0.2) is 13.6 Å². The SMILES string of the molecule is NS(=O)(=O)[C@@H]1CN(Cc2ccccc2)C[C@@H]1c1ccc(Cl)cc1. The van der Waals surface area contributed by atoms with Gasteiger partial charge < -0.3 is 0 Å². The van der Waals surface area contributed by atoms with Gasteiger partial charge in [0.1, 0.15) is 0 Å². The highest BCUT2D eigenvalue weighted by atomic mass is 35.5. The number of halogens is 1. The first-order valence-electron chi connectivity index (χ1n) is 7.47. The molecule has 3 rings (SSSR count). The fourth-order valence-corrected chi connectivity index (χ4v) is 4.43. The molecule has 1 saturated heterocycles. The molecule has 23 heavy (non-hydrogen) atoms. The van der Waals surface area contributed by atoms with E-state index in [1.54, 1.807) is 12.1 Å². The van der Waals surface area contributed by atoms with Gasteiger partial charge in [-0.3, -0.25) is 4.90 Å². The lowest BCUT2D eigenvalue weighted by Crippen LogP contribution is -2.34. The van der Waals surface area contributed by atoms with Crippen molar-refractivity contribution in [2.24, 2.45) is 5.14 Å². The van der Waals surface area contributed by atoms with E-state index in [1.807, 2.05) is 42.5 Å². The first-order chi connectivity index (χ1) is 10.9. The molecule has 2 aromatic carbocycles. The lowest BCUT2D eigenvalue weighted by molar-refractivity contribution is 0.327. The monoisotopic (exact) mass is 350 g/mol. The molecule has 0 amide bonds. The van der Waals surface area contributed by atoms with Gasteiger partial charge in [0, 0.05) is 30.6 Å². The van der Waals surface area contributed by atoms with E-state index in [2.05, 4.69) is 4.90 Å². The van der Waals surface area contributed by atoms with Crippen LogP contribution in [0.15, 0.2) is 54.6 Å². The van der Waals surface area contributed by atoms with Crippen molar-refractivity contribution in [1.29, 1.82) is 0 Å². The number of hydrogen-bond donors (Lipinski definition) is 1. The Hall–Kier alpha value is -1.40. The van der Waals surface area contributed by atoms with Crippen LogP contribution in [0.3, 0.4) is 0 Å². The normalized spacial score (nSPS) is 22.3. The molecule has 0 aromatic heterocycles. The lowest BCUT2D eigenvalue weighted by atomic mass is 9.98. The molecule has 1 aliphatic rings. The van der Waals surface area contributed by atoms with Crippen LogP contribution >= 0.6 is 11.6 Å². The molecule has 0 radical (unpaired) electrons. The highest BCUT2D eigenvalue weighted by Crippen LogP contribution is 2.32. The summed E-state index contributed by atoms with van der Waals surface area (Å²) >= 11 is 5.93. The van der Waals surface area contributed by atoms with Gasteiger partial charge in [0.25, 0.3) is 0 Å². The van der Waals surface area contributed by atoms with E-state index in [0.29, 0.717) is 18.1 Å². The van der Waals surface area contributed by atoms with Crippen molar-refractivity contribution in [3.8, 4) is 0 Å². The molecule has 4 nitrogen and oxygen atoms in total. The smallest absolute Gasteiger partial charge is 0.213 e. The highest BCUT2D eigenvalue weighted by Gasteiger charge is 2.40. The molecule has 1 fully saturated rings. The van der Waals surface area contributed by atoms with Crippen LogP contribution < -0.4 is 5.14 Å². The summed E-state index contributed by atoms with van der Waals surface area (Å²) in [6.45, 7) is 1.83. The van der Waals surface area contributed by atoms with Crippen LogP contribution in [0.5, 0.6) is 0 Å². The van der Waals surface area contributed by atoms with Gasteiger partial charge in [-0.2, -0.15) is 0 Å². The van der Waals surface area contributed by atoms with Crippen LogP contribution in [-0.2, 0) is 16.6 Å². The fourth-order valence-electron chi connectivity index (χ4n) is 3.19. The Labute approximate surface area is 141 Å². The van der Waals surface area contributed by atoms with E-state index in [1.165, 1.54) is 0 Å². The minimum Gasteiger partial charge on any atom is -0.297 e. The largest absolute Gasteiger partial charge is 0.297 e. The van der Waals surface area contributed by atoms with Crippen molar-refractivity contribution in [3.05, 3.63) is 70.7 Å². The van der Waals surface area contributed by atoms with Crippen LogP contribution in [0.2, 0.25) is 5.02 Å². The van der Waals surface area contributed by atoms with Crippen LogP contribution in [0.4, 0.5) is 0 Å². The minimum absolute atomic E-state index is 0.133. The summed E-state index contributed by atoms with van der Waals surface area (Å²) in [5.74, 6) is -0.133. The molecular weight excluding hydrogens is 332 g/mol. The van der Waals surface area contributed by atoms with Crippen LogP contribution in [0.1, 0.15) is 17.0 Å². The average Bonchev–Trinajstić information content (AvgIpc) is 2.93. The van der Waals surface area contributed by atoms with Gasteiger partial charge in [-0.1, -0.05) is 54.1 Å². The predicted octanol–water partition coefficient (Wildman–Crippen LogP) is 2.60. The molecule has 0 bridgehead atoms. The summed E-state index contributed by atoms with van der Waals surface area (Å²) in [6.07, 6.45) is 0. The molecule has 2 N–H and O–H groups in total. The van der Waals surface area contributed by atoms with E-state index in [9.17, 15) is 8.42 Å². The second-order valence-electron chi connectivity index (χ2n) is 5.97. The summed E-state index contributed by atoms with van der Waals surface area (Å²) in [4.78, 5) is 2.14. The minimum atomic E-state index is -3.61. The van der Waals surface area contributed by atoms with Crippen molar-refractivity contribution in [2.75, 3.05) is 13.1 Å². The first-order valence-corrected chi connectivity index (χ1v) is 9.45. The Bertz CT molecular complexity index is 763. The summed E-state index contributed by atoms with van der Waals surface area (Å²) < 4.78 is 24.0. The molecule has 122 valence electrons. The quantitative estimate of drug-likeness (QED) is 0.921. The van der Waals surface area contributed by atoms with E-state index >= 15 is 0 Å². The third-order valence-corrected chi connectivity index (χ3v) is 5.88. The fraction of sp³-hybridized carbons (Fsp3) is 0.294. The van der Waals surface area contributed by atoms with Crippen molar-refractivity contribution in [1.82, 2.24) is 4.90 Å². The third-order valence-electron chi connectivity index (χ3n) is 4.31. The molecule has 0 aliphatic carbocycles. The summed E-state index contributed by atoms with van der Waals surface area (Å²) in [5.41, 5.74) is 2.13. The maximum absolute atomic E-state index is 12.0. The topological polar surface area (TPSA) is 63.4 Å². The Balaban J connectivity index is 1.84. The van der Waals surface area contributed by atoms with Gasteiger partial charge in [-0.05, 0) is 23.3 Å². The first kappa shape index (κ1) is 16.5. The Morgan fingerprint density at radius 3 is 2.30 bits per heavy atom. The molecule has 0 saturated carbocycles. The zero-order valence-corrected chi connectivity index (χ0v) is 14.2. The van der Waals surface area contributed by atoms with Crippen molar-refractivity contribution >= 4 is 21.6 Å². The second kappa shape index (κ2) is 6.61. The number of nitrogens with two attached hydrogens (primary N) is 1. The van der Waals surface area contributed by atoms with Crippen LogP contribution in [0.25, 0.3) is 0 Å². The number of sulfonamides is 1. The summed E-state index contributed by atoms with van der Waals surface area (Å²) in [6, 6.07) is 17.4. The lowest BCUT2D eigenvalue weighted by Gasteiger charge is -2.17. The molecule has 2 atom stereocenters. The van der Waals surface area contributed by atoms with Crippen molar-refractivity contribution < 1.29 is 8.42 Å². The molecule has 0 unspecified atom stereocenters. The molecule has 1 heterocycles. The van der Waals surface area contributed by atoms with Gasteiger partial charge in [0.05, 0.1) is 5.25 Å². The van der Waals surface area contributed by atoms with Gasteiger partial charge >= 0.3 is 0 Å². The van der Waals surface area contributed by atoms with E-state index in [0.717, 1.165) is 17.7 Å². The van der Waals surface area contributed by atoms with Crippen molar-refractivity contribution in [2.45, 2.75) is 17.7 Å². The van der Waals surface area contributed by atoms with E-state index in [4.69, 9.17) is 16.7 Å². The number of primary sulfonamides is 1. The zero-order chi connectivity index (χ0) is 16.4. The predicted molar refractivity (Wildman–Crippen MR) is 92.8 cm³/mol. The Morgan fingerprint density at radius 2 is 1.70 bits per heavy atom. The number of hydrogen-bond acceptors (Lipinski definition) is 3. The maximum atomic E-state index is 12.0. The van der Waals surface area contributed by atoms with Crippen LogP contribution in [0, 0.1) is 0 Å². The second-order valence-corrected chi connectivity index (χ2v) is 8.19. The zero-order valence-electron chi connectivity index (χ0n) is 12.6. The number of nitrogens with zero attached hydrogens (tertiary/aromatic N) is 1. The molecule has 0 spiro atoms. The summed E-state index contributed by atoms with van der Waals surface area (Å²) in [5, 5.41) is 5.52. The maximum Gasteiger partial charge on any atom is 0.213 e. The van der Waals surface area contributed by atoms with Gasteiger partial charge in [0.15, 0.2) is 0 Å². The molecular formula is C17H19ClN2O2S. The highest BCUT2D eigenvalue weighted by molar-refractivity contribution is 7.89.